The van der Waals surface area contributed by atoms with Gasteiger partial charge >= 0.3 is 0 Å². The maximum atomic E-state index is 11.6. The van der Waals surface area contributed by atoms with E-state index in [0.29, 0.717) is 6.42 Å². The molecule has 0 saturated carbocycles. The number of aromatic nitrogens is 3. The second kappa shape index (κ2) is 9.22. The number of carbonyl (C=O) groups is 1. The zero-order valence-electron chi connectivity index (χ0n) is 17.4. The normalized spacial score (nSPS) is 10.6. The minimum atomic E-state index is 0.0107. The summed E-state index contributed by atoms with van der Waals surface area (Å²) in [5.74, 6) is 1.48. The van der Waals surface area contributed by atoms with Gasteiger partial charge in [-0.15, -0.1) is 0 Å². The fraction of sp³-hybridized carbons (Fsp3) is 0.115. The number of anilines is 2. The highest BCUT2D eigenvalue weighted by atomic mass is 16.1. The number of ketones is 1. The highest BCUT2D eigenvalue weighted by Gasteiger charge is 2.09. The van der Waals surface area contributed by atoms with Gasteiger partial charge in [0.25, 0.3) is 0 Å². The number of rotatable bonds is 8. The zero-order chi connectivity index (χ0) is 21.6. The Kier molecular flexibility index (Phi) is 6.03. The molecule has 0 aliphatic heterocycles. The van der Waals surface area contributed by atoms with Crippen LogP contribution in [0.15, 0.2) is 85.5 Å². The lowest BCUT2D eigenvalue weighted by Crippen LogP contribution is -2.00. The third-order valence-electron chi connectivity index (χ3n) is 4.95. The number of pyridine rings is 1. The molecule has 2 N–H and O–H groups in total. The van der Waals surface area contributed by atoms with Crippen molar-refractivity contribution in [2.75, 3.05) is 5.32 Å². The number of allylic oxidation sites excluding steroid dienone is 1. The van der Waals surface area contributed by atoms with Crippen LogP contribution in [-0.2, 0) is 17.6 Å². The molecule has 0 spiro atoms. The quantitative estimate of drug-likeness (QED) is 0.382. The van der Waals surface area contributed by atoms with Crippen molar-refractivity contribution < 1.29 is 4.79 Å². The van der Waals surface area contributed by atoms with E-state index >= 15 is 0 Å². The molecule has 5 nitrogen and oxygen atoms in total. The highest BCUT2D eigenvalue weighted by molar-refractivity contribution is 5.90. The van der Waals surface area contributed by atoms with Crippen molar-refractivity contribution in [2.24, 2.45) is 0 Å². The van der Waals surface area contributed by atoms with E-state index in [1.165, 1.54) is 11.6 Å². The number of nitrogens with zero attached hydrogens (tertiary/aromatic N) is 2. The number of nitrogens with one attached hydrogen (secondary N) is 2. The molecule has 4 aromatic rings. The van der Waals surface area contributed by atoms with Gasteiger partial charge in [0.2, 0.25) is 0 Å². The number of aryl methyl sites for hydroxylation is 1. The molecular formula is C26H24N4O. The van der Waals surface area contributed by atoms with Crippen LogP contribution in [0, 0.1) is 6.92 Å². The fourth-order valence-corrected chi connectivity index (χ4v) is 3.41. The standard InChI is InChI=1S/C26H24N4O/c1-3-23(31)15-20-9-11-22(12-10-20)24-16-21(14-19-7-5-4-6-8-19)17-25(27-24)28-26-13-18(2)29-30-26/h3-13,16-17H,1,14-15H2,2H3,(H2,27,28,29,30). The first-order chi connectivity index (χ1) is 15.1. The summed E-state index contributed by atoms with van der Waals surface area (Å²) < 4.78 is 0. The molecular weight excluding hydrogens is 384 g/mol. The topological polar surface area (TPSA) is 70.7 Å². The number of hydrogen-bond acceptors (Lipinski definition) is 4. The summed E-state index contributed by atoms with van der Waals surface area (Å²) in [7, 11) is 0. The van der Waals surface area contributed by atoms with Crippen LogP contribution in [0.5, 0.6) is 0 Å². The van der Waals surface area contributed by atoms with Crippen molar-refractivity contribution in [1.29, 1.82) is 0 Å². The lowest BCUT2D eigenvalue weighted by atomic mass is 10.0. The van der Waals surface area contributed by atoms with Crippen molar-refractivity contribution >= 4 is 17.4 Å². The summed E-state index contributed by atoms with van der Waals surface area (Å²) >= 11 is 0. The predicted molar refractivity (Wildman–Crippen MR) is 124 cm³/mol. The Bertz CT molecular complexity index is 1190. The van der Waals surface area contributed by atoms with Crippen LogP contribution in [0.4, 0.5) is 11.6 Å². The van der Waals surface area contributed by atoms with Crippen LogP contribution < -0.4 is 5.32 Å². The molecule has 0 amide bonds. The van der Waals surface area contributed by atoms with Crippen molar-refractivity contribution in [3.05, 3.63) is 108 Å². The Labute approximate surface area is 181 Å². The number of aromatic amines is 1. The average molecular weight is 409 g/mol. The molecule has 31 heavy (non-hydrogen) atoms. The molecule has 2 heterocycles. The van der Waals surface area contributed by atoms with E-state index in [1.807, 2.05) is 55.5 Å². The summed E-state index contributed by atoms with van der Waals surface area (Å²) in [6, 6.07) is 24.4. The number of carbonyl (C=O) groups excluding carboxylic acids is 1. The Morgan fingerprint density at radius 2 is 1.74 bits per heavy atom. The minimum Gasteiger partial charge on any atom is -0.323 e. The molecule has 0 bridgehead atoms. The van der Waals surface area contributed by atoms with Crippen LogP contribution in [0.2, 0.25) is 0 Å². The first-order valence-corrected chi connectivity index (χ1v) is 10.2. The summed E-state index contributed by atoms with van der Waals surface area (Å²) in [6.45, 7) is 5.50. The van der Waals surface area contributed by atoms with Crippen molar-refractivity contribution in [1.82, 2.24) is 15.2 Å². The van der Waals surface area contributed by atoms with Gasteiger partial charge in [0.1, 0.15) is 5.82 Å². The minimum absolute atomic E-state index is 0.0107. The predicted octanol–water partition coefficient (Wildman–Crippen LogP) is 5.41. The van der Waals surface area contributed by atoms with Gasteiger partial charge in [-0.1, -0.05) is 61.2 Å². The third kappa shape index (κ3) is 5.34. The molecule has 0 unspecified atom stereocenters. The molecule has 0 aliphatic rings. The number of H-pyrrole nitrogens is 1. The summed E-state index contributed by atoms with van der Waals surface area (Å²) in [6.07, 6.45) is 2.52. The summed E-state index contributed by atoms with van der Waals surface area (Å²) in [5, 5.41) is 10.5. The van der Waals surface area contributed by atoms with Crippen LogP contribution in [0.3, 0.4) is 0 Å². The molecule has 4 rings (SSSR count). The maximum absolute atomic E-state index is 11.6. The van der Waals surface area contributed by atoms with Gasteiger partial charge in [0.15, 0.2) is 11.6 Å². The van der Waals surface area contributed by atoms with Gasteiger partial charge < -0.3 is 5.32 Å². The van der Waals surface area contributed by atoms with Crippen LogP contribution in [-0.4, -0.2) is 21.0 Å². The van der Waals surface area contributed by atoms with Crippen LogP contribution in [0.25, 0.3) is 11.3 Å². The first kappa shape index (κ1) is 20.3. The first-order valence-electron chi connectivity index (χ1n) is 10.2. The van der Waals surface area contributed by atoms with E-state index in [1.54, 1.807) is 0 Å². The summed E-state index contributed by atoms with van der Waals surface area (Å²) in [5.41, 5.74) is 6.18. The molecule has 154 valence electrons. The largest absolute Gasteiger partial charge is 0.323 e. The fourth-order valence-electron chi connectivity index (χ4n) is 3.41. The lowest BCUT2D eigenvalue weighted by molar-refractivity contribution is -0.114. The molecule has 0 aliphatic carbocycles. The monoisotopic (exact) mass is 408 g/mol. The molecule has 0 fully saturated rings. The number of hydrogen-bond donors (Lipinski definition) is 2. The van der Waals surface area contributed by atoms with Gasteiger partial charge in [0.05, 0.1) is 5.69 Å². The summed E-state index contributed by atoms with van der Waals surface area (Å²) in [4.78, 5) is 16.4. The molecule has 5 heteroatoms. The Morgan fingerprint density at radius 3 is 2.42 bits per heavy atom. The molecule has 2 aromatic heterocycles. The van der Waals surface area contributed by atoms with Gasteiger partial charge in [-0.3, -0.25) is 9.89 Å². The molecule has 0 radical (unpaired) electrons. The van der Waals surface area contributed by atoms with E-state index in [0.717, 1.165) is 46.1 Å². The van der Waals surface area contributed by atoms with Crippen molar-refractivity contribution in [3.8, 4) is 11.3 Å². The van der Waals surface area contributed by atoms with Crippen LogP contribution >= 0.6 is 0 Å². The second-order valence-electron chi connectivity index (χ2n) is 7.51. The number of benzene rings is 2. The Morgan fingerprint density at radius 1 is 0.968 bits per heavy atom. The molecule has 0 saturated heterocycles. The zero-order valence-corrected chi connectivity index (χ0v) is 17.4. The van der Waals surface area contributed by atoms with E-state index < -0.39 is 0 Å². The molecule has 2 aromatic carbocycles. The average Bonchev–Trinajstić information content (AvgIpc) is 3.19. The second-order valence-corrected chi connectivity index (χ2v) is 7.51. The van der Waals surface area contributed by atoms with Gasteiger partial charge in [-0.05, 0) is 48.2 Å². The van der Waals surface area contributed by atoms with Crippen LogP contribution in [0.1, 0.15) is 22.4 Å². The smallest absolute Gasteiger partial charge is 0.159 e. The highest BCUT2D eigenvalue weighted by Crippen LogP contribution is 2.25. The third-order valence-corrected chi connectivity index (χ3v) is 4.95. The van der Waals surface area contributed by atoms with Crippen molar-refractivity contribution in [2.45, 2.75) is 19.8 Å². The SMILES string of the molecule is C=CC(=O)Cc1ccc(-c2cc(Cc3ccccc3)cc(Nc3cc(C)[nH]n3)n2)cc1. The van der Waals surface area contributed by atoms with Gasteiger partial charge in [0, 0.05) is 23.7 Å². The van der Waals surface area contributed by atoms with E-state index in [-0.39, 0.29) is 5.78 Å². The van der Waals surface area contributed by atoms with Gasteiger partial charge in [-0.25, -0.2) is 4.98 Å². The molecule has 0 atom stereocenters. The van der Waals surface area contributed by atoms with E-state index in [4.69, 9.17) is 4.98 Å². The maximum Gasteiger partial charge on any atom is 0.159 e. The Hall–Kier alpha value is -3.99. The van der Waals surface area contributed by atoms with Crippen molar-refractivity contribution in [3.63, 3.8) is 0 Å². The van der Waals surface area contributed by atoms with Gasteiger partial charge in [-0.2, -0.15) is 5.10 Å². The lowest BCUT2D eigenvalue weighted by Gasteiger charge is -2.11. The van der Waals surface area contributed by atoms with E-state index in [2.05, 4.69) is 46.4 Å². The Balaban J connectivity index is 1.66. The van der Waals surface area contributed by atoms with E-state index in [9.17, 15) is 4.79 Å².